The summed E-state index contributed by atoms with van der Waals surface area (Å²) in [6, 6.07) is 87.2. The minimum absolute atomic E-state index is 0.0776. The van der Waals surface area contributed by atoms with Gasteiger partial charge in [-0.1, -0.05) is 182 Å². The van der Waals surface area contributed by atoms with Gasteiger partial charge in [-0.05, 0) is 81.9 Å². The Morgan fingerprint density at radius 2 is 0.611 bits per heavy atom. The molecule has 0 N–H and O–H groups in total. The van der Waals surface area contributed by atoms with Gasteiger partial charge in [-0.25, -0.2) is 0 Å². The van der Waals surface area contributed by atoms with Gasteiger partial charge < -0.3 is 8.80 Å². The van der Waals surface area contributed by atoms with Gasteiger partial charge in [0.15, 0.2) is 0 Å². The van der Waals surface area contributed by atoms with Crippen LogP contribution in [0.25, 0.3) is 117 Å². The molecule has 0 radical (unpaired) electrons. The van der Waals surface area contributed by atoms with E-state index >= 15 is 0 Å². The zero-order chi connectivity index (χ0) is 46.8. The van der Waals surface area contributed by atoms with Crippen molar-refractivity contribution in [1.82, 2.24) is 8.80 Å². The van der Waals surface area contributed by atoms with E-state index in [0.717, 1.165) is 0 Å². The van der Waals surface area contributed by atoms with Crippen molar-refractivity contribution in [3.8, 4) is 0 Å². The molecule has 17 rings (SSSR count). The average molecular weight is 949 g/mol. The minimum Gasteiger partial charge on any atom is -0.308 e. The summed E-state index contributed by atoms with van der Waals surface area (Å²) in [4.78, 5) is 0. The molecule has 11 aromatic carbocycles. The number of hydrogen-bond donors (Lipinski definition) is 0. The molecule has 72 heavy (non-hydrogen) atoms. The van der Waals surface area contributed by atoms with Crippen molar-refractivity contribution >= 4 is 139 Å². The van der Waals surface area contributed by atoms with Crippen molar-refractivity contribution in [2.24, 2.45) is 0 Å². The fraction of sp³-hybridized carbons (Fsp3) is 0.0294. The Balaban J connectivity index is 0.862. The molecule has 6 aromatic heterocycles. The van der Waals surface area contributed by atoms with Crippen molar-refractivity contribution < 1.29 is 0 Å². The molecule has 0 amide bonds. The van der Waals surface area contributed by atoms with Gasteiger partial charge in [0.1, 0.15) is 0 Å². The second-order valence-electron chi connectivity index (χ2n) is 19.8. The summed E-state index contributed by atoms with van der Waals surface area (Å²) < 4.78 is 10.5. The topological polar surface area (TPSA) is 8.82 Å². The van der Waals surface area contributed by atoms with Crippen molar-refractivity contribution in [3.05, 3.63) is 264 Å². The minimum atomic E-state index is 0.0776. The number of para-hydroxylation sites is 2. The molecule has 4 heteroatoms. The Morgan fingerprint density at radius 3 is 1.06 bits per heavy atom. The zero-order valence-electron chi connectivity index (χ0n) is 38.8. The lowest BCUT2D eigenvalue weighted by Gasteiger charge is -2.20. The van der Waals surface area contributed by atoms with E-state index in [0.29, 0.717) is 0 Å². The quantitative estimate of drug-likeness (QED) is 0.147. The van der Waals surface area contributed by atoms with Crippen LogP contribution in [0.2, 0.25) is 0 Å². The highest BCUT2D eigenvalue weighted by molar-refractivity contribution is 7.26. The monoisotopic (exact) mass is 948 g/mol. The van der Waals surface area contributed by atoms with Crippen LogP contribution >= 0.6 is 22.7 Å². The lowest BCUT2D eigenvalue weighted by Crippen LogP contribution is -2.03. The Hall–Kier alpha value is -8.54. The Bertz CT molecular complexity index is 4730. The molecule has 17 aromatic rings. The molecular formula is C68H40N2S2. The molecule has 334 valence electrons. The molecule has 0 saturated heterocycles. The maximum Gasteiger partial charge on any atom is 0.0620 e. The molecular weight excluding hydrogens is 909 g/mol. The van der Waals surface area contributed by atoms with Gasteiger partial charge in [-0.15, -0.1) is 22.7 Å². The van der Waals surface area contributed by atoms with Crippen LogP contribution in [0.3, 0.4) is 0 Å². The van der Waals surface area contributed by atoms with Crippen LogP contribution in [0.4, 0.5) is 0 Å². The van der Waals surface area contributed by atoms with Gasteiger partial charge in [-0.3, -0.25) is 0 Å². The summed E-state index contributed by atoms with van der Waals surface area (Å²) in [6.07, 6.45) is 0. The summed E-state index contributed by atoms with van der Waals surface area (Å²) in [5, 5.41) is 15.7. The van der Waals surface area contributed by atoms with E-state index in [4.69, 9.17) is 0 Å². The lowest BCUT2D eigenvalue weighted by molar-refractivity contribution is 0.994. The number of aromatic nitrogens is 2. The smallest absolute Gasteiger partial charge is 0.0620 e. The third-order valence-corrected chi connectivity index (χ3v) is 18.7. The predicted octanol–water partition coefficient (Wildman–Crippen LogP) is 19.1. The maximum atomic E-state index is 2.56. The average Bonchev–Trinajstić information content (AvgIpc) is 4.29. The van der Waals surface area contributed by atoms with Crippen LogP contribution in [0.15, 0.2) is 231 Å². The predicted molar refractivity (Wildman–Crippen MR) is 309 cm³/mol. The number of fused-ring (bicyclic) bond motifs is 18. The van der Waals surface area contributed by atoms with Gasteiger partial charge >= 0.3 is 0 Å². The van der Waals surface area contributed by atoms with Crippen molar-refractivity contribution in [2.45, 2.75) is 11.8 Å². The first kappa shape index (κ1) is 39.2. The SMILES string of the molecule is c1ccc(C(c2ccc3c(c2)c2cccc4c5cc6c(cc5n3c24)c2cccc3c4cc(C(c5ccccc5)c5cccc7c5sc5ccccc57)ccc4n6c32)c2cccc3c2sc2ccccc23)cc1. The highest BCUT2D eigenvalue weighted by Gasteiger charge is 2.27. The van der Waals surface area contributed by atoms with E-state index in [2.05, 4.69) is 239 Å². The Labute approximate surface area is 421 Å². The second-order valence-corrected chi connectivity index (χ2v) is 22.0. The number of benzene rings is 11. The number of thiophene rings is 2. The largest absolute Gasteiger partial charge is 0.308 e. The normalized spacial score (nSPS) is 13.4. The van der Waals surface area contributed by atoms with Gasteiger partial charge in [0, 0.05) is 95.3 Å². The lowest BCUT2D eigenvalue weighted by atomic mass is 9.84. The maximum absolute atomic E-state index is 2.56. The molecule has 2 unspecified atom stereocenters. The number of nitrogens with zero attached hydrogens (tertiary/aromatic N) is 2. The van der Waals surface area contributed by atoms with E-state index in [9.17, 15) is 0 Å². The summed E-state index contributed by atoms with van der Waals surface area (Å²) in [5.74, 6) is 0.155. The van der Waals surface area contributed by atoms with E-state index in [1.807, 2.05) is 22.7 Å². The molecule has 0 bridgehead atoms. The van der Waals surface area contributed by atoms with Crippen molar-refractivity contribution in [1.29, 1.82) is 0 Å². The van der Waals surface area contributed by atoms with Gasteiger partial charge in [0.25, 0.3) is 0 Å². The number of rotatable bonds is 6. The van der Waals surface area contributed by atoms with E-state index in [1.54, 1.807) is 0 Å². The van der Waals surface area contributed by atoms with Crippen molar-refractivity contribution in [3.63, 3.8) is 0 Å². The third kappa shape index (κ3) is 5.22. The van der Waals surface area contributed by atoms with Crippen molar-refractivity contribution in [2.75, 3.05) is 0 Å². The summed E-state index contributed by atoms with van der Waals surface area (Å²) in [5.41, 5.74) is 15.6. The van der Waals surface area contributed by atoms with Gasteiger partial charge in [0.05, 0.1) is 33.1 Å². The van der Waals surface area contributed by atoms with Gasteiger partial charge in [-0.2, -0.15) is 0 Å². The first-order valence-electron chi connectivity index (χ1n) is 25.0. The van der Waals surface area contributed by atoms with Crippen LogP contribution in [0, 0.1) is 0 Å². The fourth-order valence-electron chi connectivity index (χ4n) is 13.2. The van der Waals surface area contributed by atoms with E-state index in [-0.39, 0.29) is 11.8 Å². The highest BCUT2D eigenvalue weighted by Crippen LogP contribution is 2.49. The summed E-state index contributed by atoms with van der Waals surface area (Å²) in [7, 11) is 0. The Morgan fingerprint density at radius 1 is 0.250 bits per heavy atom. The first-order chi connectivity index (χ1) is 35.7. The van der Waals surface area contributed by atoms with E-state index in [1.165, 1.54) is 150 Å². The second kappa shape index (κ2) is 14.5. The van der Waals surface area contributed by atoms with Gasteiger partial charge in [0.2, 0.25) is 0 Å². The van der Waals surface area contributed by atoms with Crippen LogP contribution in [0.5, 0.6) is 0 Å². The zero-order valence-corrected chi connectivity index (χ0v) is 40.4. The molecule has 0 saturated carbocycles. The standard InChI is InChI=1S/C68H40N2S2/c1-3-15-39(16-4-1)63(51-27-13-25-49-43-19-7-9-29-61(43)71-67(49)51)41-31-33-57-53(35-41)45-21-11-23-47-55-38-60-56(37-59(55)69(57)65(45)47)48-24-12-22-46-54-36-42(32-34-58(54)70(60)66(46)48)64(40-17-5-2-6-18-40)52-28-14-26-50-44-20-8-10-30-62(44)72-68(50)52/h1-38,63-64H. The van der Waals surface area contributed by atoms with Crippen LogP contribution in [-0.2, 0) is 0 Å². The molecule has 0 aliphatic rings. The molecule has 0 aliphatic carbocycles. The third-order valence-electron chi connectivity index (χ3n) is 16.2. The first-order valence-corrected chi connectivity index (χ1v) is 26.6. The molecule has 0 fully saturated rings. The molecule has 6 heterocycles. The molecule has 2 atom stereocenters. The van der Waals surface area contributed by atoms with Crippen LogP contribution in [0.1, 0.15) is 45.2 Å². The van der Waals surface area contributed by atoms with Crippen LogP contribution in [-0.4, -0.2) is 8.80 Å². The molecule has 2 nitrogen and oxygen atoms in total. The summed E-state index contributed by atoms with van der Waals surface area (Å²) in [6.45, 7) is 0. The van der Waals surface area contributed by atoms with E-state index < -0.39 is 0 Å². The fourth-order valence-corrected chi connectivity index (χ4v) is 15.7. The van der Waals surface area contributed by atoms with Crippen LogP contribution < -0.4 is 0 Å². The Kier molecular flexibility index (Phi) is 7.91. The number of hydrogen-bond acceptors (Lipinski definition) is 2. The summed E-state index contributed by atoms with van der Waals surface area (Å²) >= 11 is 3.84. The molecule has 0 spiro atoms. The highest BCUT2D eigenvalue weighted by atomic mass is 32.1. The molecule has 0 aliphatic heterocycles.